The molecule has 5 rings (SSSR count). The van der Waals surface area contributed by atoms with Crippen LogP contribution in [0.25, 0.3) is 0 Å². The van der Waals surface area contributed by atoms with Gasteiger partial charge in [0.2, 0.25) is 16.9 Å². The van der Waals surface area contributed by atoms with E-state index in [0.717, 1.165) is 26.9 Å². The van der Waals surface area contributed by atoms with Gasteiger partial charge in [-0.3, -0.25) is 14.9 Å². The van der Waals surface area contributed by atoms with Crippen molar-refractivity contribution in [1.29, 1.82) is 0 Å². The molecule has 9 heteroatoms. The minimum absolute atomic E-state index is 0.0364. The highest BCUT2D eigenvalue weighted by Crippen LogP contribution is 2.38. The van der Waals surface area contributed by atoms with Gasteiger partial charge in [0, 0.05) is 29.5 Å². The molecule has 1 N–H and O–H groups in total. The van der Waals surface area contributed by atoms with E-state index in [1.807, 2.05) is 84.9 Å². The second-order valence-electron chi connectivity index (χ2n) is 8.26. The van der Waals surface area contributed by atoms with Crippen molar-refractivity contribution >= 4 is 45.7 Å². The van der Waals surface area contributed by atoms with Crippen molar-refractivity contribution in [3.8, 4) is 5.75 Å². The van der Waals surface area contributed by atoms with E-state index in [1.165, 1.54) is 23.1 Å². The minimum atomic E-state index is -0.445. The summed E-state index contributed by atoms with van der Waals surface area (Å²) in [5.41, 5.74) is 1.73. The molecule has 1 aliphatic heterocycles. The van der Waals surface area contributed by atoms with Crippen molar-refractivity contribution in [1.82, 2.24) is 10.2 Å². The number of rotatable bonds is 8. The molecule has 0 spiro atoms. The predicted molar refractivity (Wildman–Crippen MR) is 143 cm³/mol. The first-order valence-corrected chi connectivity index (χ1v) is 13.2. The van der Waals surface area contributed by atoms with E-state index in [0.29, 0.717) is 18.1 Å². The molecule has 0 bridgehead atoms. The number of nitrogens with zero attached hydrogens (tertiary/aromatic N) is 3. The third-order valence-electron chi connectivity index (χ3n) is 5.87. The van der Waals surface area contributed by atoms with Gasteiger partial charge in [-0.15, -0.1) is 22.0 Å². The van der Waals surface area contributed by atoms with Crippen molar-refractivity contribution in [2.45, 2.75) is 22.5 Å². The third kappa shape index (κ3) is 5.42. The van der Waals surface area contributed by atoms with Gasteiger partial charge >= 0.3 is 0 Å². The highest BCUT2D eigenvalue weighted by atomic mass is 32.2. The number of benzene rings is 3. The number of aromatic nitrogens is 2. The standard InChI is InChI=1S/C27H24N4O3S2/c1-34-21-14-12-20(13-15-21)31-17-19(16-23(31)32)26-29-30-27(36-26)28-25(33)24(18-8-4-2-5-9-18)35-22-10-6-3-7-11-22/h2-15,19,24H,16-17H2,1H3,(H,28,30,33). The summed E-state index contributed by atoms with van der Waals surface area (Å²) in [6.07, 6.45) is 0.352. The molecular formula is C27H24N4O3S2. The first-order valence-electron chi connectivity index (χ1n) is 11.5. The molecule has 2 atom stereocenters. The summed E-state index contributed by atoms with van der Waals surface area (Å²) >= 11 is 2.81. The Labute approximate surface area is 217 Å². The van der Waals surface area contributed by atoms with Crippen molar-refractivity contribution in [2.24, 2.45) is 0 Å². The van der Waals surface area contributed by atoms with Crippen molar-refractivity contribution in [3.63, 3.8) is 0 Å². The monoisotopic (exact) mass is 516 g/mol. The molecule has 4 aromatic rings. The van der Waals surface area contributed by atoms with Crippen LogP contribution < -0.4 is 15.0 Å². The first-order chi connectivity index (χ1) is 17.6. The second kappa shape index (κ2) is 10.9. The van der Waals surface area contributed by atoms with Gasteiger partial charge in [0.15, 0.2) is 0 Å². The topological polar surface area (TPSA) is 84.4 Å². The number of carbonyl (C=O) groups is 2. The van der Waals surface area contributed by atoms with E-state index in [-0.39, 0.29) is 17.7 Å². The summed E-state index contributed by atoms with van der Waals surface area (Å²) in [6.45, 7) is 0.518. The lowest BCUT2D eigenvalue weighted by molar-refractivity contribution is -0.117. The Hall–Kier alpha value is -3.69. The van der Waals surface area contributed by atoms with Crippen LogP contribution in [0, 0.1) is 0 Å². The first kappa shape index (κ1) is 24.0. The molecule has 36 heavy (non-hydrogen) atoms. The number of amides is 2. The zero-order valence-corrected chi connectivity index (χ0v) is 21.2. The normalized spacial score (nSPS) is 16.1. The van der Waals surface area contributed by atoms with Gasteiger partial charge in [0.05, 0.1) is 7.11 Å². The van der Waals surface area contributed by atoms with Crippen LogP contribution in [0.1, 0.15) is 28.2 Å². The summed E-state index contributed by atoms with van der Waals surface area (Å²) in [5.74, 6) is 0.534. The van der Waals surface area contributed by atoms with Crippen LogP contribution in [-0.2, 0) is 9.59 Å². The zero-order chi connectivity index (χ0) is 24.9. The molecule has 1 aliphatic rings. The molecule has 0 saturated carbocycles. The van der Waals surface area contributed by atoms with Gasteiger partial charge in [-0.2, -0.15) is 0 Å². The Bertz CT molecular complexity index is 1330. The zero-order valence-electron chi connectivity index (χ0n) is 19.5. The highest BCUT2D eigenvalue weighted by molar-refractivity contribution is 8.00. The Morgan fingerprint density at radius 3 is 2.42 bits per heavy atom. The maximum atomic E-state index is 13.3. The van der Waals surface area contributed by atoms with Crippen LogP contribution in [0.4, 0.5) is 10.8 Å². The average Bonchev–Trinajstić information content (AvgIpc) is 3.55. The molecule has 2 heterocycles. The van der Waals surface area contributed by atoms with Gasteiger partial charge < -0.3 is 9.64 Å². The number of carbonyl (C=O) groups excluding carboxylic acids is 2. The number of hydrogen-bond acceptors (Lipinski definition) is 7. The third-order valence-corrected chi connectivity index (χ3v) is 8.13. The molecule has 1 saturated heterocycles. The predicted octanol–water partition coefficient (Wildman–Crippen LogP) is 5.54. The number of thioether (sulfide) groups is 1. The number of hydrogen-bond donors (Lipinski definition) is 1. The molecule has 1 fully saturated rings. The Morgan fingerprint density at radius 1 is 1.03 bits per heavy atom. The molecule has 182 valence electrons. The van der Waals surface area contributed by atoms with Gasteiger partial charge in [-0.25, -0.2) is 0 Å². The van der Waals surface area contributed by atoms with Crippen LogP contribution in [0.2, 0.25) is 0 Å². The molecule has 2 amide bonds. The second-order valence-corrected chi connectivity index (χ2v) is 10.4. The Morgan fingerprint density at radius 2 is 1.72 bits per heavy atom. The lowest BCUT2D eigenvalue weighted by Crippen LogP contribution is -2.24. The van der Waals surface area contributed by atoms with Crippen molar-refractivity contribution in [2.75, 3.05) is 23.9 Å². The van der Waals surface area contributed by atoms with Crippen LogP contribution in [0.5, 0.6) is 5.75 Å². The molecular weight excluding hydrogens is 492 g/mol. The fourth-order valence-electron chi connectivity index (χ4n) is 4.04. The molecule has 7 nitrogen and oxygen atoms in total. The number of nitrogens with one attached hydrogen (secondary N) is 1. The van der Waals surface area contributed by atoms with Crippen molar-refractivity contribution in [3.05, 3.63) is 95.5 Å². The summed E-state index contributed by atoms with van der Waals surface area (Å²) in [6, 6.07) is 26.9. The fourth-order valence-corrected chi connectivity index (χ4v) is 5.92. The molecule has 1 aromatic heterocycles. The van der Waals surface area contributed by atoms with Gasteiger partial charge in [0.25, 0.3) is 0 Å². The molecule has 3 aromatic carbocycles. The van der Waals surface area contributed by atoms with E-state index in [4.69, 9.17) is 4.74 Å². The average molecular weight is 517 g/mol. The van der Waals surface area contributed by atoms with Crippen LogP contribution >= 0.6 is 23.1 Å². The fraction of sp³-hybridized carbons (Fsp3) is 0.185. The molecule has 2 unspecified atom stereocenters. The van der Waals surface area contributed by atoms with Crippen LogP contribution in [-0.4, -0.2) is 35.7 Å². The summed E-state index contributed by atoms with van der Waals surface area (Å²) in [7, 11) is 1.61. The maximum Gasteiger partial charge on any atom is 0.244 e. The number of ether oxygens (including phenoxy) is 1. The molecule has 0 radical (unpaired) electrons. The van der Waals surface area contributed by atoms with Gasteiger partial charge in [-0.1, -0.05) is 59.9 Å². The van der Waals surface area contributed by atoms with Gasteiger partial charge in [0.1, 0.15) is 16.0 Å². The quantitative estimate of drug-likeness (QED) is 0.310. The molecule has 0 aliphatic carbocycles. The van der Waals surface area contributed by atoms with E-state index < -0.39 is 5.25 Å². The lowest BCUT2D eigenvalue weighted by atomic mass is 10.1. The SMILES string of the molecule is COc1ccc(N2CC(c3nnc(NC(=O)C(Sc4ccccc4)c4ccccc4)s3)CC2=O)cc1. The largest absolute Gasteiger partial charge is 0.497 e. The number of anilines is 2. The van der Waals surface area contributed by atoms with Gasteiger partial charge in [-0.05, 0) is 42.0 Å². The minimum Gasteiger partial charge on any atom is -0.497 e. The van der Waals surface area contributed by atoms with Crippen molar-refractivity contribution < 1.29 is 14.3 Å². The lowest BCUT2D eigenvalue weighted by Gasteiger charge is -2.16. The van der Waals surface area contributed by atoms with E-state index in [9.17, 15) is 9.59 Å². The van der Waals surface area contributed by atoms with Crippen LogP contribution in [0.3, 0.4) is 0 Å². The van der Waals surface area contributed by atoms with E-state index in [2.05, 4.69) is 15.5 Å². The van der Waals surface area contributed by atoms with E-state index >= 15 is 0 Å². The summed E-state index contributed by atoms with van der Waals surface area (Å²) in [5, 5.41) is 12.2. The summed E-state index contributed by atoms with van der Waals surface area (Å²) < 4.78 is 5.21. The van der Waals surface area contributed by atoms with Crippen LogP contribution in [0.15, 0.2) is 89.8 Å². The number of methoxy groups -OCH3 is 1. The summed E-state index contributed by atoms with van der Waals surface area (Å²) in [4.78, 5) is 28.8. The Balaban J connectivity index is 1.28. The highest BCUT2D eigenvalue weighted by Gasteiger charge is 2.34. The smallest absolute Gasteiger partial charge is 0.244 e. The van der Waals surface area contributed by atoms with E-state index in [1.54, 1.807) is 12.0 Å². The maximum absolute atomic E-state index is 13.3. The Kier molecular flexibility index (Phi) is 7.29.